The molecule has 2 aliphatic heterocycles. The summed E-state index contributed by atoms with van der Waals surface area (Å²) in [5.41, 5.74) is 2.73. The molecule has 0 saturated carbocycles. The molecule has 2 aromatic carbocycles. The Labute approximate surface area is 167 Å². The minimum absolute atomic E-state index is 0.0995. The van der Waals surface area contributed by atoms with E-state index in [-0.39, 0.29) is 17.4 Å². The molecule has 2 aliphatic rings. The molecule has 4 heteroatoms. The predicted molar refractivity (Wildman–Crippen MR) is 114 cm³/mol. The lowest BCUT2D eigenvalue weighted by atomic mass is 9.74. The molecule has 1 fully saturated rings. The van der Waals surface area contributed by atoms with Gasteiger partial charge in [0.2, 0.25) is 5.91 Å². The Kier molecular flexibility index (Phi) is 4.45. The number of carbonyl (C=O) groups excluding carboxylic acids is 1. The predicted octanol–water partition coefficient (Wildman–Crippen LogP) is 4.50. The van der Waals surface area contributed by atoms with Gasteiger partial charge in [-0.05, 0) is 49.2 Å². The third-order valence-electron chi connectivity index (χ3n) is 5.91. The van der Waals surface area contributed by atoms with Crippen LogP contribution >= 0.6 is 0 Å². The van der Waals surface area contributed by atoms with Crippen molar-refractivity contribution in [3.8, 4) is 5.75 Å². The van der Waals surface area contributed by atoms with Gasteiger partial charge in [0.1, 0.15) is 11.4 Å². The fraction of sp³-hybridized carbons (Fsp3) is 0.375. The van der Waals surface area contributed by atoms with Crippen LogP contribution < -0.4 is 15.0 Å². The summed E-state index contributed by atoms with van der Waals surface area (Å²) in [4.78, 5) is 14.8. The van der Waals surface area contributed by atoms with Crippen molar-refractivity contribution in [2.45, 2.75) is 51.3 Å². The lowest BCUT2D eigenvalue weighted by molar-refractivity contribution is -0.124. The molecule has 0 radical (unpaired) electrons. The van der Waals surface area contributed by atoms with E-state index in [9.17, 15) is 4.79 Å². The van der Waals surface area contributed by atoms with E-state index in [4.69, 9.17) is 4.74 Å². The first-order valence-electron chi connectivity index (χ1n) is 9.98. The van der Waals surface area contributed by atoms with Crippen LogP contribution in [0, 0.1) is 0 Å². The average Bonchev–Trinajstić information content (AvgIpc) is 2.85. The second-order valence-corrected chi connectivity index (χ2v) is 8.43. The summed E-state index contributed by atoms with van der Waals surface area (Å²) in [7, 11) is 0. The standard InChI is InChI=1S/C24H28N2O2/c1-17(2)28-19-11-9-18(10-12-19)13-15-24-23(3,4)20-7-5-6-8-21(20)26(24)16-14-22(27)25-24/h5-13,15,17H,14,16H2,1-4H3,(H,25,27)/t24-/m0/s1. The van der Waals surface area contributed by atoms with Crippen LogP contribution in [0.15, 0.2) is 54.6 Å². The van der Waals surface area contributed by atoms with Crippen molar-refractivity contribution in [3.05, 3.63) is 65.7 Å². The van der Waals surface area contributed by atoms with Gasteiger partial charge in [0.05, 0.1) is 6.10 Å². The van der Waals surface area contributed by atoms with Crippen LogP contribution in [0.3, 0.4) is 0 Å². The first-order valence-corrected chi connectivity index (χ1v) is 9.98. The largest absolute Gasteiger partial charge is 0.491 e. The van der Waals surface area contributed by atoms with Crippen LogP contribution in [0.2, 0.25) is 0 Å². The zero-order valence-corrected chi connectivity index (χ0v) is 17.0. The van der Waals surface area contributed by atoms with Gasteiger partial charge in [-0.1, -0.05) is 50.3 Å². The number of benzene rings is 2. The van der Waals surface area contributed by atoms with Crippen LogP contribution in [-0.4, -0.2) is 24.2 Å². The maximum absolute atomic E-state index is 12.4. The molecule has 0 aliphatic carbocycles. The Morgan fingerprint density at radius 3 is 2.54 bits per heavy atom. The van der Waals surface area contributed by atoms with Gasteiger partial charge in [-0.2, -0.15) is 0 Å². The Hall–Kier alpha value is -2.75. The molecule has 4 rings (SSSR count). The number of anilines is 1. The molecule has 0 bridgehead atoms. The topological polar surface area (TPSA) is 41.6 Å². The SMILES string of the molecule is CC(C)Oc1ccc(C=C[C@]23NC(=O)CCN2c2ccccc2C3(C)C)cc1. The molecule has 146 valence electrons. The molecule has 1 N–H and O–H groups in total. The molecule has 28 heavy (non-hydrogen) atoms. The fourth-order valence-electron chi connectivity index (χ4n) is 4.47. The molecule has 0 spiro atoms. The van der Waals surface area contributed by atoms with Crippen molar-refractivity contribution < 1.29 is 9.53 Å². The van der Waals surface area contributed by atoms with Crippen LogP contribution in [0.5, 0.6) is 5.75 Å². The highest BCUT2D eigenvalue weighted by atomic mass is 16.5. The molecule has 2 aromatic rings. The first kappa shape index (κ1) is 18.6. The number of rotatable bonds is 4. The van der Waals surface area contributed by atoms with Gasteiger partial charge in [-0.25, -0.2) is 0 Å². The second-order valence-electron chi connectivity index (χ2n) is 8.43. The summed E-state index contributed by atoms with van der Waals surface area (Å²) in [6.07, 6.45) is 4.93. The fourth-order valence-corrected chi connectivity index (χ4v) is 4.47. The third-order valence-corrected chi connectivity index (χ3v) is 5.91. The highest BCUT2D eigenvalue weighted by molar-refractivity contribution is 5.84. The summed E-state index contributed by atoms with van der Waals surface area (Å²) in [6, 6.07) is 16.6. The van der Waals surface area contributed by atoms with E-state index in [1.807, 2.05) is 26.0 Å². The normalized spacial score (nSPS) is 22.9. The van der Waals surface area contributed by atoms with Crippen molar-refractivity contribution in [1.82, 2.24) is 5.32 Å². The second kappa shape index (κ2) is 6.69. The monoisotopic (exact) mass is 376 g/mol. The Bertz CT molecular complexity index is 914. The van der Waals surface area contributed by atoms with E-state index < -0.39 is 5.66 Å². The average molecular weight is 377 g/mol. The van der Waals surface area contributed by atoms with Gasteiger partial charge in [-0.15, -0.1) is 0 Å². The third kappa shape index (κ3) is 2.88. The summed E-state index contributed by atoms with van der Waals surface area (Å²) in [5.74, 6) is 0.967. The number of amides is 1. The minimum Gasteiger partial charge on any atom is -0.491 e. The van der Waals surface area contributed by atoms with Crippen molar-refractivity contribution in [2.75, 3.05) is 11.4 Å². The van der Waals surface area contributed by atoms with E-state index >= 15 is 0 Å². The molecule has 0 unspecified atom stereocenters. The Morgan fingerprint density at radius 1 is 1.11 bits per heavy atom. The maximum Gasteiger partial charge on any atom is 0.223 e. The van der Waals surface area contributed by atoms with Crippen molar-refractivity contribution >= 4 is 17.7 Å². The number of fused-ring (bicyclic) bond motifs is 3. The summed E-state index contributed by atoms with van der Waals surface area (Å²) in [5, 5.41) is 3.31. The Balaban J connectivity index is 1.71. The molecule has 1 saturated heterocycles. The highest BCUT2D eigenvalue weighted by Gasteiger charge is 2.57. The minimum atomic E-state index is -0.570. The molecular formula is C24H28N2O2. The maximum atomic E-state index is 12.4. The van der Waals surface area contributed by atoms with Crippen molar-refractivity contribution in [1.29, 1.82) is 0 Å². The van der Waals surface area contributed by atoms with Gasteiger partial charge >= 0.3 is 0 Å². The molecule has 1 atom stereocenters. The number of nitrogens with zero attached hydrogens (tertiary/aromatic N) is 1. The zero-order chi connectivity index (χ0) is 19.9. The summed E-state index contributed by atoms with van der Waals surface area (Å²) >= 11 is 0. The van der Waals surface area contributed by atoms with E-state index in [0.29, 0.717) is 6.42 Å². The van der Waals surface area contributed by atoms with E-state index in [1.165, 1.54) is 11.3 Å². The highest BCUT2D eigenvalue weighted by Crippen LogP contribution is 2.52. The summed E-state index contributed by atoms with van der Waals surface area (Å²) in [6.45, 7) is 9.18. The number of hydrogen-bond donors (Lipinski definition) is 1. The smallest absolute Gasteiger partial charge is 0.223 e. The van der Waals surface area contributed by atoms with E-state index in [1.54, 1.807) is 0 Å². The van der Waals surface area contributed by atoms with Gasteiger partial charge < -0.3 is 15.0 Å². The molecule has 1 amide bonds. The van der Waals surface area contributed by atoms with Gasteiger partial charge in [0.15, 0.2) is 0 Å². The number of hydrogen-bond acceptors (Lipinski definition) is 3. The summed E-state index contributed by atoms with van der Waals surface area (Å²) < 4.78 is 5.73. The van der Waals surface area contributed by atoms with Gasteiger partial charge in [-0.3, -0.25) is 4.79 Å². The lowest BCUT2D eigenvalue weighted by Gasteiger charge is -2.49. The molecule has 0 aromatic heterocycles. The quantitative estimate of drug-likeness (QED) is 0.854. The van der Waals surface area contributed by atoms with Crippen molar-refractivity contribution in [3.63, 3.8) is 0 Å². The van der Waals surface area contributed by atoms with Gasteiger partial charge in [0.25, 0.3) is 0 Å². The van der Waals surface area contributed by atoms with Crippen LogP contribution in [0.4, 0.5) is 5.69 Å². The van der Waals surface area contributed by atoms with Crippen LogP contribution in [-0.2, 0) is 10.2 Å². The first-order chi connectivity index (χ1) is 13.3. The van der Waals surface area contributed by atoms with Gasteiger partial charge in [0, 0.05) is 24.1 Å². The number of para-hydroxylation sites is 1. The molecular weight excluding hydrogens is 348 g/mol. The molecule has 2 heterocycles. The van der Waals surface area contributed by atoms with Crippen molar-refractivity contribution in [2.24, 2.45) is 0 Å². The number of nitrogens with one attached hydrogen (secondary N) is 1. The van der Waals surface area contributed by atoms with Crippen LogP contribution in [0.25, 0.3) is 6.08 Å². The Morgan fingerprint density at radius 2 is 1.82 bits per heavy atom. The number of ether oxygens (including phenoxy) is 1. The van der Waals surface area contributed by atoms with Crippen LogP contribution in [0.1, 0.15) is 45.2 Å². The zero-order valence-electron chi connectivity index (χ0n) is 17.0. The lowest BCUT2D eigenvalue weighted by Crippen LogP contribution is -2.68. The number of carbonyl (C=O) groups is 1. The van der Waals surface area contributed by atoms with E-state index in [0.717, 1.165) is 17.9 Å². The molecule has 4 nitrogen and oxygen atoms in total. The van der Waals surface area contributed by atoms with E-state index in [2.05, 4.69) is 72.6 Å².